The van der Waals surface area contributed by atoms with Gasteiger partial charge in [-0.25, -0.2) is 0 Å². The van der Waals surface area contributed by atoms with E-state index in [1.54, 1.807) is 16.7 Å². The monoisotopic (exact) mass is 340 g/mol. The second-order valence-electron chi connectivity index (χ2n) is 5.73. The van der Waals surface area contributed by atoms with E-state index in [0.717, 1.165) is 11.3 Å². The van der Waals surface area contributed by atoms with Crippen molar-refractivity contribution < 1.29 is 9.59 Å². The fourth-order valence-electron chi connectivity index (χ4n) is 2.84. The number of thioether (sulfide) groups is 1. The summed E-state index contributed by atoms with van der Waals surface area (Å²) in [6.07, 6.45) is 2.59. The van der Waals surface area contributed by atoms with E-state index < -0.39 is 5.92 Å². The number of anilines is 1. The quantitative estimate of drug-likeness (QED) is 0.672. The Morgan fingerprint density at radius 1 is 1.17 bits per heavy atom. The van der Waals surface area contributed by atoms with E-state index in [2.05, 4.69) is 5.32 Å². The van der Waals surface area contributed by atoms with Crippen LogP contribution in [0.15, 0.2) is 59.5 Å². The first-order valence-corrected chi connectivity index (χ1v) is 9.18. The number of nitrogens with zero attached hydrogens (tertiary/aromatic N) is 1. The predicted molar refractivity (Wildman–Crippen MR) is 97.0 cm³/mol. The van der Waals surface area contributed by atoms with Crippen LogP contribution in [0.5, 0.6) is 0 Å². The largest absolute Gasteiger partial charge is 0.351 e. The molecule has 4 nitrogen and oxygen atoms in total. The minimum absolute atomic E-state index is 0.114. The molecule has 0 saturated carbocycles. The maximum absolute atomic E-state index is 12.5. The van der Waals surface area contributed by atoms with Crippen molar-refractivity contribution in [3.8, 4) is 0 Å². The van der Waals surface area contributed by atoms with E-state index >= 15 is 0 Å². The second-order valence-corrected chi connectivity index (χ2v) is 6.61. The van der Waals surface area contributed by atoms with Crippen molar-refractivity contribution >= 4 is 29.3 Å². The lowest BCUT2D eigenvalue weighted by atomic mass is 10.1. The Morgan fingerprint density at radius 3 is 2.54 bits per heavy atom. The Kier molecular flexibility index (Phi) is 5.20. The van der Waals surface area contributed by atoms with Crippen molar-refractivity contribution in [1.29, 1.82) is 0 Å². The van der Waals surface area contributed by atoms with Crippen molar-refractivity contribution in [1.82, 2.24) is 5.32 Å². The summed E-state index contributed by atoms with van der Waals surface area (Å²) in [6, 6.07) is 17.6. The first-order chi connectivity index (χ1) is 11.7. The van der Waals surface area contributed by atoms with Gasteiger partial charge in [0.1, 0.15) is 5.92 Å². The number of benzene rings is 2. The lowest BCUT2D eigenvalue weighted by Gasteiger charge is -2.16. The van der Waals surface area contributed by atoms with E-state index in [0.29, 0.717) is 19.5 Å². The standard InChI is InChI=1S/C19H20N2O2S/c1-24-16-9-7-14(8-10-16)13-20-18(22)17-11-12-21(19(17)23)15-5-3-2-4-6-15/h2-10,17H,11-13H2,1H3,(H,20,22)/t17-/m1/s1. The Morgan fingerprint density at radius 2 is 1.88 bits per heavy atom. The summed E-state index contributed by atoms with van der Waals surface area (Å²) in [4.78, 5) is 27.8. The van der Waals surface area contributed by atoms with Gasteiger partial charge in [0.15, 0.2) is 0 Å². The smallest absolute Gasteiger partial charge is 0.239 e. The van der Waals surface area contributed by atoms with Crippen molar-refractivity contribution in [2.75, 3.05) is 17.7 Å². The molecule has 5 heteroatoms. The second kappa shape index (κ2) is 7.53. The highest BCUT2D eigenvalue weighted by Crippen LogP contribution is 2.25. The van der Waals surface area contributed by atoms with E-state index in [1.807, 2.05) is 60.9 Å². The Hall–Kier alpha value is -2.27. The fraction of sp³-hybridized carbons (Fsp3) is 0.263. The number of carbonyl (C=O) groups is 2. The molecule has 0 radical (unpaired) electrons. The maximum Gasteiger partial charge on any atom is 0.239 e. The third-order valence-corrected chi connectivity index (χ3v) is 4.96. The Bertz CT molecular complexity index is 716. The molecule has 1 saturated heterocycles. The molecule has 0 aliphatic carbocycles. The summed E-state index contributed by atoms with van der Waals surface area (Å²) < 4.78 is 0. The Balaban J connectivity index is 1.58. The van der Waals surface area contributed by atoms with Gasteiger partial charge in [-0.3, -0.25) is 9.59 Å². The van der Waals surface area contributed by atoms with Crippen LogP contribution in [0, 0.1) is 5.92 Å². The number of hydrogen-bond donors (Lipinski definition) is 1. The number of nitrogens with one attached hydrogen (secondary N) is 1. The molecular formula is C19H20N2O2S. The van der Waals surface area contributed by atoms with Crippen LogP contribution in [0.4, 0.5) is 5.69 Å². The number of para-hydroxylation sites is 1. The molecule has 3 rings (SSSR count). The van der Waals surface area contributed by atoms with Gasteiger partial charge in [-0.2, -0.15) is 0 Å². The first-order valence-electron chi connectivity index (χ1n) is 7.96. The first kappa shape index (κ1) is 16.6. The molecule has 2 amide bonds. The van der Waals surface area contributed by atoms with Gasteiger partial charge in [-0.05, 0) is 42.5 Å². The number of rotatable bonds is 5. The van der Waals surface area contributed by atoms with E-state index in [1.165, 1.54) is 4.90 Å². The molecule has 2 aromatic rings. The van der Waals surface area contributed by atoms with Crippen LogP contribution in [0.3, 0.4) is 0 Å². The molecule has 124 valence electrons. The molecule has 1 atom stereocenters. The summed E-state index contributed by atoms with van der Waals surface area (Å²) >= 11 is 1.68. The molecule has 1 aliphatic rings. The highest BCUT2D eigenvalue weighted by Gasteiger charge is 2.37. The molecule has 0 unspecified atom stereocenters. The number of amides is 2. The molecule has 2 aromatic carbocycles. The van der Waals surface area contributed by atoms with Gasteiger partial charge in [0.05, 0.1) is 0 Å². The van der Waals surface area contributed by atoms with Crippen molar-refractivity contribution in [2.45, 2.75) is 17.9 Å². The highest BCUT2D eigenvalue weighted by molar-refractivity contribution is 7.98. The lowest BCUT2D eigenvalue weighted by Crippen LogP contribution is -2.36. The summed E-state index contributed by atoms with van der Waals surface area (Å²) in [7, 11) is 0. The third kappa shape index (κ3) is 3.62. The van der Waals surface area contributed by atoms with Gasteiger partial charge in [-0.1, -0.05) is 30.3 Å². The molecule has 0 bridgehead atoms. The number of hydrogen-bond acceptors (Lipinski definition) is 3. The van der Waals surface area contributed by atoms with Crippen LogP contribution < -0.4 is 10.2 Å². The third-order valence-electron chi connectivity index (χ3n) is 4.22. The predicted octanol–water partition coefficient (Wildman–Crippen LogP) is 3.08. The molecule has 24 heavy (non-hydrogen) atoms. The molecule has 1 fully saturated rings. The zero-order valence-electron chi connectivity index (χ0n) is 13.6. The normalized spacial score (nSPS) is 17.1. The summed E-state index contributed by atoms with van der Waals surface area (Å²) in [5, 5.41) is 2.89. The Labute approximate surface area is 146 Å². The highest BCUT2D eigenvalue weighted by atomic mass is 32.2. The molecule has 1 aliphatic heterocycles. The van der Waals surface area contributed by atoms with Crippen molar-refractivity contribution in [3.05, 3.63) is 60.2 Å². The van der Waals surface area contributed by atoms with Crippen LogP contribution in [-0.2, 0) is 16.1 Å². The molecule has 1 heterocycles. The van der Waals surface area contributed by atoms with Gasteiger partial charge in [0.25, 0.3) is 0 Å². The maximum atomic E-state index is 12.5. The molecule has 0 spiro atoms. The lowest BCUT2D eigenvalue weighted by molar-refractivity contribution is -0.132. The van der Waals surface area contributed by atoms with Gasteiger partial charge < -0.3 is 10.2 Å². The minimum Gasteiger partial charge on any atom is -0.351 e. The molecular weight excluding hydrogens is 320 g/mol. The summed E-state index contributed by atoms with van der Waals surface area (Å²) in [5.74, 6) is -0.889. The van der Waals surface area contributed by atoms with Crippen LogP contribution in [0.2, 0.25) is 0 Å². The van der Waals surface area contributed by atoms with E-state index in [9.17, 15) is 9.59 Å². The van der Waals surface area contributed by atoms with Crippen LogP contribution in [0.1, 0.15) is 12.0 Å². The van der Waals surface area contributed by atoms with Crippen LogP contribution in [0.25, 0.3) is 0 Å². The van der Waals surface area contributed by atoms with Gasteiger partial charge in [0.2, 0.25) is 11.8 Å². The summed E-state index contributed by atoms with van der Waals surface area (Å²) in [5.41, 5.74) is 1.89. The van der Waals surface area contributed by atoms with Crippen LogP contribution >= 0.6 is 11.8 Å². The van der Waals surface area contributed by atoms with Gasteiger partial charge >= 0.3 is 0 Å². The molecule has 0 aromatic heterocycles. The van der Waals surface area contributed by atoms with Gasteiger partial charge in [0, 0.05) is 23.7 Å². The van der Waals surface area contributed by atoms with Crippen LogP contribution in [-0.4, -0.2) is 24.6 Å². The summed E-state index contributed by atoms with van der Waals surface area (Å²) in [6.45, 7) is 1.03. The van der Waals surface area contributed by atoms with E-state index in [4.69, 9.17) is 0 Å². The zero-order valence-corrected chi connectivity index (χ0v) is 14.4. The van der Waals surface area contributed by atoms with Gasteiger partial charge in [-0.15, -0.1) is 11.8 Å². The average Bonchev–Trinajstić information content (AvgIpc) is 3.02. The fourth-order valence-corrected chi connectivity index (χ4v) is 3.25. The SMILES string of the molecule is CSc1ccc(CNC(=O)[C@H]2CCN(c3ccccc3)C2=O)cc1. The zero-order chi connectivity index (χ0) is 16.9. The van der Waals surface area contributed by atoms with E-state index in [-0.39, 0.29) is 11.8 Å². The minimum atomic E-state index is -0.587. The average molecular weight is 340 g/mol. The molecule has 1 N–H and O–H groups in total. The topological polar surface area (TPSA) is 49.4 Å². The number of carbonyl (C=O) groups excluding carboxylic acids is 2. The van der Waals surface area contributed by atoms with Crippen molar-refractivity contribution in [3.63, 3.8) is 0 Å². The van der Waals surface area contributed by atoms with Crippen molar-refractivity contribution in [2.24, 2.45) is 5.92 Å².